The van der Waals surface area contributed by atoms with Gasteiger partial charge in [0.15, 0.2) is 0 Å². The molecule has 162 valence electrons. The molecule has 1 atom stereocenters. The highest BCUT2D eigenvalue weighted by molar-refractivity contribution is 6.28. The summed E-state index contributed by atoms with van der Waals surface area (Å²) in [6.45, 7) is 2.35. The van der Waals surface area contributed by atoms with Crippen LogP contribution in [-0.2, 0) is 6.54 Å². The number of halogens is 1. The Morgan fingerprint density at radius 3 is 2.35 bits per heavy atom. The topological polar surface area (TPSA) is 111 Å². The first-order chi connectivity index (χ1) is 14.9. The fraction of sp³-hybridized carbons (Fsp3) is 0.238. The molecule has 0 radical (unpaired) electrons. The van der Waals surface area contributed by atoms with Crippen LogP contribution in [-0.4, -0.2) is 29.1 Å². The van der Waals surface area contributed by atoms with E-state index in [-0.39, 0.29) is 17.0 Å². The summed E-state index contributed by atoms with van der Waals surface area (Å²) in [5.41, 5.74) is 2.51. The lowest BCUT2D eigenvalue weighted by Gasteiger charge is -2.18. The molecule has 2 N–H and O–H groups in total. The molecule has 0 bridgehead atoms. The van der Waals surface area contributed by atoms with Crippen molar-refractivity contribution in [1.82, 2.24) is 9.97 Å². The monoisotopic (exact) mass is 443 g/mol. The molecule has 9 nitrogen and oxygen atoms in total. The third-order valence-corrected chi connectivity index (χ3v) is 4.81. The van der Waals surface area contributed by atoms with Crippen LogP contribution in [0.4, 0.5) is 17.2 Å². The van der Waals surface area contributed by atoms with Crippen LogP contribution in [0.3, 0.4) is 0 Å². The number of ether oxygens (including phenoxy) is 2. The Labute approximate surface area is 184 Å². The maximum atomic E-state index is 10.9. The van der Waals surface area contributed by atoms with E-state index in [4.69, 9.17) is 21.1 Å². The zero-order chi connectivity index (χ0) is 22.4. The zero-order valence-corrected chi connectivity index (χ0v) is 18.0. The number of nitro benzene ring substituents is 1. The van der Waals surface area contributed by atoms with Crippen molar-refractivity contribution < 1.29 is 14.4 Å². The second-order valence-corrected chi connectivity index (χ2v) is 7.02. The molecule has 0 fully saturated rings. The van der Waals surface area contributed by atoms with E-state index < -0.39 is 4.92 Å². The maximum absolute atomic E-state index is 10.9. The van der Waals surface area contributed by atoms with Crippen molar-refractivity contribution in [3.05, 3.63) is 75.2 Å². The Morgan fingerprint density at radius 1 is 1.13 bits per heavy atom. The molecule has 3 rings (SSSR count). The molecule has 10 heteroatoms. The van der Waals surface area contributed by atoms with Gasteiger partial charge in [0.1, 0.15) is 17.3 Å². The van der Waals surface area contributed by atoms with Gasteiger partial charge in [-0.3, -0.25) is 10.1 Å². The lowest BCUT2D eigenvalue weighted by molar-refractivity contribution is -0.384. The molecule has 0 aliphatic rings. The van der Waals surface area contributed by atoms with Crippen molar-refractivity contribution in [3.8, 4) is 11.5 Å². The second kappa shape index (κ2) is 9.94. The molecule has 0 amide bonds. The number of hydrogen-bond acceptors (Lipinski definition) is 8. The van der Waals surface area contributed by atoms with Gasteiger partial charge < -0.3 is 20.1 Å². The van der Waals surface area contributed by atoms with Crippen LogP contribution in [0.25, 0.3) is 0 Å². The maximum Gasteiger partial charge on any atom is 0.269 e. The van der Waals surface area contributed by atoms with Gasteiger partial charge in [-0.05, 0) is 24.1 Å². The first-order valence-electron chi connectivity index (χ1n) is 9.39. The number of anilines is 2. The first-order valence-corrected chi connectivity index (χ1v) is 9.76. The number of non-ortho nitro benzene ring substituents is 1. The van der Waals surface area contributed by atoms with E-state index in [1.54, 1.807) is 38.6 Å². The van der Waals surface area contributed by atoms with Crippen LogP contribution in [0.5, 0.6) is 11.5 Å². The summed E-state index contributed by atoms with van der Waals surface area (Å²) < 4.78 is 10.6. The van der Waals surface area contributed by atoms with E-state index in [9.17, 15) is 10.1 Å². The van der Waals surface area contributed by atoms with E-state index in [1.165, 1.54) is 12.1 Å². The number of nitrogens with one attached hydrogen (secondary N) is 2. The van der Waals surface area contributed by atoms with Gasteiger partial charge in [0.2, 0.25) is 5.28 Å². The fourth-order valence-corrected chi connectivity index (χ4v) is 3.05. The van der Waals surface area contributed by atoms with E-state index >= 15 is 0 Å². The Bertz CT molecular complexity index is 1040. The fourth-order valence-electron chi connectivity index (χ4n) is 2.92. The summed E-state index contributed by atoms with van der Waals surface area (Å²) in [5, 5.41) is 17.6. The van der Waals surface area contributed by atoms with Gasteiger partial charge >= 0.3 is 0 Å². The average Bonchev–Trinajstić information content (AvgIpc) is 2.78. The summed E-state index contributed by atoms with van der Waals surface area (Å²) in [4.78, 5) is 18.8. The predicted molar refractivity (Wildman–Crippen MR) is 119 cm³/mol. The molecule has 3 aromatic rings. The Hall–Kier alpha value is -3.59. The quantitative estimate of drug-likeness (QED) is 0.274. The van der Waals surface area contributed by atoms with Crippen LogP contribution >= 0.6 is 11.6 Å². The molecule has 1 heterocycles. The van der Waals surface area contributed by atoms with Crippen molar-refractivity contribution in [2.24, 2.45) is 0 Å². The first kappa shape index (κ1) is 22.1. The summed E-state index contributed by atoms with van der Waals surface area (Å²) in [6, 6.07) is 11.7. The highest BCUT2D eigenvalue weighted by Crippen LogP contribution is 2.28. The van der Waals surface area contributed by atoms with E-state index in [0.29, 0.717) is 23.9 Å². The highest BCUT2D eigenvalue weighted by Gasteiger charge is 2.13. The summed E-state index contributed by atoms with van der Waals surface area (Å²) >= 11 is 6.01. The smallest absolute Gasteiger partial charge is 0.269 e. The van der Waals surface area contributed by atoms with E-state index in [0.717, 1.165) is 16.8 Å². The molecule has 0 aliphatic heterocycles. The SMILES string of the molecule is COc1cc(NCc2cnc(Cl)nc2NC(C)c2ccc([N+](=O)[O-])cc2)cc(OC)c1. The largest absolute Gasteiger partial charge is 0.497 e. The van der Waals surface area contributed by atoms with Crippen molar-refractivity contribution in [2.75, 3.05) is 24.9 Å². The van der Waals surface area contributed by atoms with Gasteiger partial charge in [-0.15, -0.1) is 0 Å². The minimum absolute atomic E-state index is 0.0413. The Balaban J connectivity index is 1.77. The third kappa shape index (κ3) is 5.73. The van der Waals surface area contributed by atoms with Gasteiger partial charge in [0, 0.05) is 60.4 Å². The lowest BCUT2D eigenvalue weighted by Crippen LogP contribution is -2.12. The number of hydrogen-bond donors (Lipinski definition) is 2. The van der Waals surface area contributed by atoms with Crippen LogP contribution in [0.1, 0.15) is 24.1 Å². The van der Waals surface area contributed by atoms with Crippen LogP contribution in [0.2, 0.25) is 5.28 Å². The van der Waals surface area contributed by atoms with Crippen molar-refractivity contribution in [2.45, 2.75) is 19.5 Å². The number of nitrogens with zero attached hydrogens (tertiary/aromatic N) is 3. The molecule has 0 aliphatic carbocycles. The number of aromatic nitrogens is 2. The molecule has 2 aromatic carbocycles. The molecule has 31 heavy (non-hydrogen) atoms. The summed E-state index contributed by atoms with van der Waals surface area (Å²) in [5.74, 6) is 1.90. The normalized spacial score (nSPS) is 11.5. The van der Waals surface area contributed by atoms with Gasteiger partial charge in [-0.1, -0.05) is 12.1 Å². The molecular formula is C21H22ClN5O4. The van der Waals surface area contributed by atoms with Crippen LogP contribution < -0.4 is 20.1 Å². The van der Waals surface area contributed by atoms with Gasteiger partial charge in [-0.25, -0.2) is 9.97 Å². The van der Waals surface area contributed by atoms with Crippen LogP contribution in [0.15, 0.2) is 48.7 Å². The summed E-state index contributed by atoms with van der Waals surface area (Å²) in [6.07, 6.45) is 1.64. The van der Waals surface area contributed by atoms with Gasteiger partial charge in [0.25, 0.3) is 5.69 Å². The molecule has 0 saturated heterocycles. The Morgan fingerprint density at radius 2 is 1.77 bits per heavy atom. The molecule has 0 saturated carbocycles. The number of methoxy groups -OCH3 is 2. The van der Waals surface area contributed by atoms with E-state index in [2.05, 4.69) is 20.6 Å². The predicted octanol–water partition coefficient (Wildman–Crippen LogP) is 4.84. The van der Waals surface area contributed by atoms with Gasteiger partial charge in [0.05, 0.1) is 19.1 Å². The van der Waals surface area contributed by atoms with Crippen molar-refractivity contribution in [1.29, 1.82) is 0 Å². The van der Waals surface area contributed by atoms with Crippen LogP contribution in [0, 0.1) is 10.1 Å². The molecule has 0 spiro atoms. The molecule has 1 aromatic heterocycles. The Kier molecular flexibility index (Phi) is 7.09. The van der Waals surface area contributed by atoms with Gasteiger partial charge in [-0.2, -0.15) is 0 Å². The highest BCUT2D eigenvalue weighted by atomic mass is 35.5. The minimum Gasteiger partial charge on any atom is -0.497 e. The minimum atomic E-state index is -0.427. The van der Waals surface area contributed by atoms with Crippen molar-refractivity contribution >= 4 is 28.8 Å². The molecular weight excluding hydrogens is 422 g/mol. The molecule has 1 unspecified atom stereocenters. The standard InChI is InChI=1S/C21H22ClN5O4/c1-13(14-4-6-17(7-5-14)27(28)29)25-20-15(12-24-21(22)26-20)11-23-16-8-18(30-2)10-19(9-16)31-3/h4-10,12-13,23H,11H2,1-3H3,(H,24,25,26). The lowest BCUT2D eigenvalue weighted by atomic mass is 10.1. The number of benzene rings is 2. The number of nitro groups is 1. The average molecular weight is 444 g/mol. The van der Waals surface area contributed by atoms with E-state index in [1.807, 2.05) is 19.1 Å². The third-order valence-electron chi connectivity index (χ3n) is 4.63. The summed E-state index contributed by atoms with van der Waals surface area (Å²) in [7, 11) is 3.18. The van der Waals surface area contributed by atoms with Crippen molar-refractivity contribution in [3.63, 3.8) is 0 Å². The zero-order valence-electron chi connectivity index (χ0n) is 17.3. The second-order valence-electron chi connectivity index (χ2n) is 6.68. The number of rotatable bonds is 9.